The molecule has 0 fully saturated rings. The first-order chi connectivity index (χ1) is 10.4. The van der Waals surface area contributed by atoms with Crippen molar-refractivity contribution in [2.45, 2.75) is 6.92 Å². The molecule has 0 unspecified atom stereocenters. The van der Waals surface area contributed by atoms with Crippen LogP contribution in [0.4, 0.5) is 5.82 Å². The summed E-state index contributed by atoms with van der Waals surface area (Å²) in [5.41, 5.74) is 0.426. The van der Waals surface area contributed by atoms with Crippen LogP contribution in [0, 0.1) is 17.0 Å². The van der Waals surface area contributed by atoms with Crippen molar-refractivity contribution >= 4 is 29.2 Å². The van der Waals surface area contributed by atoms with E-state index in [1.165, 1.54) is 25.1 Å². The SMILES string of the molecule is Cc1cc(C(=O)NC(=O)c2ccccc2Cl)cnc1[N+](=O)[O-]. The van der Waals surface area contributed by atoms with Gasteiger partial charge in [-0.3, -0.25) is 14.9 Å². The second-order valence-corrected chi connectivity index (χ2v) is 4.79. The summed E-state index contributed by atoms with van der Waals surface area (Å²) in [6, 6.07) is 7.57. The molecule has 0 spiro atoms. The lowest BCUT2D eigenvalue weighted by Gasteiger charge is -2.05. The number of aryl methyl sites for hydroxylation is 1. The lowest BCUT2D eigenvalue weighted by molar-refractivity contribution is -0.390. The molecule has 0 radical (unpaired) electrons. The van der Waals surface area contributed by atoms with Gasteiger partial charge in [-0.1, -0.05) is 23.7 Å². The first-order valence-corrected chi connectivity index (χ1v) is 6.49. The number of halogens is 1. The normalized spacial score (nSPS) is 10.1. The van der Waals surface area contributed by atoms with Crippen LogP contribution in [0.15, 0.2) is 36.5 Å². The van der Waals surface area contributed by atoms with Crippen molar-refractivity contribution in [3.8, 4) is 0 Å². The van der Waals surface area contributed by atoms with Gasteiger partial charge in [-0.15, -0.1) is 0 Å². The van der Waals surface area contributed by atoms with Crippen molar-refractivity contribution in [2.24, 2.45) is 0 Å². The van der Waals surface area contributed by atoms with Crippen LogP contribution in [-0.4, -0.2) is 21.7 Å². The molecule has 1 aromatic heterocycles. The summed E-state index contributed by atoms with van der Waals surface area (Å²) in [7, 11) is 0. The maximum Gasteiger partial charge on any atom is 0.366 e. The summed E-state index contributed by atoms with van der Waals surface area (Å²) in [6.07, 6.45) is 1.04. The van der Waals surface area contributed by atoms with Crippen molar-refractivity contribution in [3.05, 3.63) is 68.4 Å². The molecular weight excluding hydrogens is 310 g/mol. The molecule has 112 valence electrons. The van der Waals surface area contributed by atoms with Gasteiger partial charge in [-0.05, 0) is 35.0 Å². The van der Waals surface area contributed by atoms with Gasteiger partial charge < -0.3 is 10.1 Å². The zero-order valence-corrected chi connectivity index (χ0v) is 12.1. The number of imide groups is 1. The average molecular weight is 320 g/mol. The Morgan fingerprint density at radius 3 is 2.55 bits per heavy atom. The van der Waals surface area contributed by atoms with E-state index in [-0.39, 0.29) is 27.5 Å². The number of nitrogens with one attached hydrogen (secondary N) is 1. The predicted molar refractivity (Wildman–Crippen MR) is 78.9 cm³/mol. The van der Waals surface area contributed by atoms with Gasteiger partial charge in [0.25, 0.3) is 11.8 Å². The summed E-state index contributed by atoms with van der Waals surface area (Å²) in [5, 5.41) is 13.0. The Hall–Kier alpha value is -2.80. The molecule has 1 heterocycles. The van der Waals surface area contributed by atoms with Crippen molar-refractivity contribution in [1.29, 1.82) is 0 Å². The van der Waals surface area contributed by atoms with Crippen LogP contribution in [0.2, 0.25) is 5.02 Å². The fraction of sp³-hybridized carbons (Fsp3) is 0.0714. The van der Waals surface area contributed by atoms with Crippen LogP contribution in [0.1, 0.15) is 26.3 Å². The summed E-state index contributed by atoms with van der Waals surface area (Å²) in [4.78, 5) is 37.6. The van der Waals surface area contributed by atoms with Crippen molar-refractivity contribution in [1.82, 2.24) is 10.3 Å². The highest BCUT2D eigenvalue weighted by atomic mass is 35.5. The maximum atomic E-state index is 12.0. The number of hydrogen-bond acceptors (Lipinski definition) is 5. The molecule has 8 heteroatoms. The highest BCUT2D eigenvalue weighted by molar-refractivity contribution is 6.34. The Balaban J connectivity index is 2.19. The number of nitrogens with zero attached hydrogens (tertiary/aromatic N) is 2. The monoisotopic (exact) mass is 319 g/mol. The van der Waals surface area contributed by atoms with Gasteiger partial charge in [-0.2, -0.15) is 0 Å². The average Bonchev–Trinajstić information content (AvgIpc) is 2.46. The lowest BCUT2D eigenvalue weighted by atomic mass is 10.1. The van der Waals surface area contributed by atoms with E-state index in [2.05, 4.69) is 10.3 Å². The van der Waals surface area contributed by atoms with Gasteiger partial charge in [-0.25, -0.2) is 0 Å². The summed E-state index contributed by atoms with van der Waals surface area (Å²) in [5.74, 6) is -1.71. The molecule has 0 saturated heterocycles. The molecule has 22 heavy (non-hydrogen) atoms. The fourth-order valence-corrected chi connectivity index (χ4v) is 1.99. The van der Waals surface area contributed by atoms with Crippen molar-refractivity contribution in [3.63, 3.8) is 0 Å². The van der Waals surface area contributed by atoms with E-state index in [1.807, 2.05) is 0 Å². The molecule has 2 aromatic rings. The number of hydrogen-bond donors (Lipinski definition) is 1. The molecule has 0 atom stereocenters. The molecule has 0 bridgehead atoms. The number of pyridine rings is 1. The van der Waals surface area contributed by atoms with E-state index >= 15 is 0 Å². The number of carbonyl (C=O) groups is 2. The van der Waals surface area contributed by atoms with Gasteiger partial charge in [0.05, 0.1) is 16.1 Å². The molecule has 0 aliphatic carbocycles. The molecule has 1 aromatic carbocycles. The van der Waals surface area contributed by atoms with Crippen LogP contribution in [0.5, 0.6) is 0 Å². The minimum Gasteiger partial charge on any atom is -0.358 e. The van der Waals surface area contributed by atoms with E-state index in [0.29, 0.717) is 0 Å². The van der Waals surface area contributed by atoms with Gasteiger partial charge in [0.1, 0.15) is 0 Å². The summed E-state index contributed by atoms with van der Waals surface area (Å²) >= 11 is 5.87. The van der Waals surface area contributed by atoms with Crippen LogP contribution in [-0.2, 0) is 0 Å². The van der Waals surface area contributed by atoms with Crippen LogP contribution < -0.4 is 5.32 Å². The van der Waals surface area contributed by atoms with Gasteiger partial charge >= 0.3 is 5.82 Å². The molecule has 0 aliphatic rings. The first-order valence-electron chi connectivity index (χ1n) is 6.11. The van der Waals surface area contributed by atoms with E-state index < -0.39 is 16.7 Å². The van der Waals surface area contributed by atoms with Crippen molar-refractivity contribution < 1.29 is 14.5 Å². The fourth-order valence-electron chi connectivity index (χ4n) is 1.77. The zero-order chi connectivity index (χ0) is 16.3. The Morgan fingerprint density at radius 2 is 1.95 bits per heavy atom. The molecule has 1 N–H and O–H groups in total. The zero-order valence-electron chi connectivity index (χ0n) is 11.4. The van der Waals surface area contributed by atoms with Gasteiger partial charge in [0.2, 0.25) is 0 Å². The molecular formula is C14H10ClN3O4. The quantitative estimate of drug-likeness (QED) is 0.532. The van der Waals surface area contributed by atoms with E-state index in [0.717, 1.165) is 6.20 Å². The van der Waals surface area contributed by atoms with E-state index in [1.54, 1.807) is 12.1 Å². The van der Waals surface area contributed by atoms with E-state index in [9.17, 15) is 19.7 Å². The maximum absolute atomic E-state index is 12.0. The third-order valence-corrected chi connectivity index (χ3v) is 3.16. The van der Waals surface area contributed by atoms with Crippen molar-refractivity contribution in [2.75, 3.05) is 0 Å². The number of rotatable bonds is 3. The Labute approximate surface area is 130 Å². The van der Waals surface area contributed by atoms with Crippen LogP contribution in [0.3, 0.4) is 0 Å². The van der Waals surface area contributed by atoms with E-state index in [4.69, 9.17) is 11.6 Å². The molecule has 0 saturated carbocycles. The minimum atomic E-state index is -0.713. The third kappa shape index (κ3) is 3.26. The topological polar surface area (TPSA) is 102 Å². The Morgan fingerprint density at radius 1 is 1.27 bits per heavy atom. The summed E-state index contributed by atoms with van der Waals surface area (Å²) < 4.78 is 0. The number of aromatic nitrogens is 1. The number of carbonyl (C=O) groups excluding carboxylic acids is 2. The highest BCUT2D eigenvalue weighted by Gasteiger charge is 2.19. The summed E-state index contributed by atoms with van der Waals surface area (Å²) in [6.45, 7) is 1.46. The van der Waals surface area contributed by atoms with Crippen LogP contribution in [0.25, 0.3) is 0 Å². The molecule has 7 nitrogen and oxygen atoms in total. The lowest BCUT2D eigenvalue weighted by Crippen LogP contribution is -2.30. The molecule has 2 amide bonds. The van der Waals surface area contributed by atoms with Crippen LogP contribution >= 0.6 is 11.6 Å². The Bertz CT molecular complexity index is 776. The van der Waals surface area contributed by atoms with Gasteiger partial charge in [0.15, 0.2) is 6.20 Å². The number of amides is 2. The standard InChI is InChI=1S/C14H10ClN3O4/c1-8-6-9(7-16-12(8)18(21)22)13(19)17-14(20)10-4-2-3-5-11(10)15/h2-7H,1H3,(H,17,19,20). The highest BCUT2D eigenvalue weighted by Crippen LogP contribution is 2.16. The minimum absolute atomic E-state index is 0.0449. The second kappa shape index (κ2) is 6.31. The largest absolute Gasteiger partial charge is 0.366 e. The Kier molecular flexibility index (Phi) is 4.47. The van der Waals surface area contributed by atoms with Gasteiger partial charge in [0, 0.05) is 5.56 Å². The molecule has 0 aliphatic heterocycles. The molecule has 2 rings (SSSR count). The first kappa shape index (κ1) is 15.6. The predicted octanol–water partition coefficient (Wildman–Crippen LogP) is 2.52. The number of nitro groups is 1. The third-order valence-electron chi connectivity index (χ3n) is 2.83. The second-order valence-electron chi connectivity index (χ2n) is 4.38. The smallest absolute Gasteiger partial charge is 0.358 e. The number of benzene rings is 1.